The van der Waals surface area contributed by atoms with Crippen LogP contribution in [-0.2, 0) is 14.3 Å². The lowest BCUT2D eigenvalue weighted by molar-refractivity contribution is -0.159. The van der Waals surface area contributed by atoms with E-state index >= 15 is 0 Å². The van der Waals surface area contributed by atoms with Crippen molar-refractivity contribution in [3.05, 3.63) is 0 Å². The number of likely N-dealkylation sites (tertiary alicyclic amines) is 1. The van der Waals surface area contributed by atoms with Gasteiger partial charge in [-0.25, -0.2) is 9.59 Å². The molecule has 1 saturated heterocycles. The number of carbonyl (C=O) groups is 2. The monoisotopic (exact) mass is 287 g/mol. The molecule has 0 aromatic carbocycles. The third-order valence-electron chi connectivity index (χ3n) is 2.71. The van der Waals surface area contributed by atoms with Crippen LogP contribution in [0.4, 0.5) is 4.79 Å². The predicted octanol–water partition coefficient (Wildman–Crippen LogP) is 2.26. The van der Waals surface area contributed by atoms with Crippen LogP contribution in [0.15, 0.2) is 0 Å². The zero-order valence-corrected chi connectivity index (χ0v) is 13.1. The van der Waals surface area contributed by atoms with Crippen molar-refractivity contribution in [1.82, 2.24) is 4.90 Å². The molecule has 1 aliphatic rings. The van der Waals surface area contributed by atoms with Gasteiger partial charge in [0.15, 0.2) is 0 Å². The molecule has 0 aromatic rings. The fourth-order valence-corrected chi connectivity index (χ4v) is 2.19. The lowest BCUT2D eigenvalue weighted by atomic mass is 10.1. The number of hydrogen-bond donors (Lipinski definition) is 1. The molecule has 1 amide bonds. The first-order valence-corrected chi connectivity index (χ1v) is 6.79. The fraction of sp³-hybridized carbons (Fsp3) is 0.857. The molecule has 1 fully saturated rings. The lowest BCUT2D eigenvalue weighted by Gasteiger charge is -2.25. The Kier molecular flexibility index (Phi) is 4.69. The SMILES string of the molecule is CC(C)(C)OC(=O)[C@@H]1C[C@@H](OC(C)(C)C)CN1C(=O)O. The number of amides is 1. The second-order valence-electron chi connectivity index (χ2n) is 7.07. The van der Waals surface area contributed by atoms with Crippen LogP contribution in [-0.4, -0.2) is 52.0 Å². The van der Waals surface area contributed by atoms with Gasteiger partial charge in [-0.05, 0) is 41.5 Å². The number of ether oxygens (including phenoxy) is 2. The topological polar surface area (TPSA) is 76.1 Å². The minimum absolute atomic E-state index is 0.191. The molecular weight excluding hydrogens is 262 g/mol. The maximum atomic E-state index is 12.1. The van der Waals surface area contributed by atoms with E-state index in [1.165, 1.54) is 0 Å². The highest BCUT2D eigenvalue weighted by Crippen LogP contribution is 2.26. The maximum absolute atomic E-state index is 12.1. The van der Waals surface area contributed by atoms with Gasteiger partial charge in [0, 0.05) is 6.42 Å². The first-order chi connectivity index (χ1) is 8.89. The van der Waals surface area contributed by atoms with E-state index in [2.05, 4.69) is 0 Å². The van der Waals surface area contributed by atoms with Gasteiger partial charge in [0.1, 0.15) is 11.6 Å². The van der Waals surface area contributed by atoms with Gasteiger partial charge in [0.25, 0.3) is 0 Å². The van der Waals surface area contributed by atoms with Crippen LogP contribution >= 0.6 is 0 Å². The third-order valence-corrected chi connectivity index (χ3v) is 2.71. The summed E-state index contributed by atoms with van der Waals surface area (Å²) in [6.45, 7) is 11.2. The lowest BCUT2D eigenvalue weighted by Crippen LogP contribution is -2.43. The van der Waals surface area contributed by atoms with Crippen LogP contribution in [0.25, 0.3) is 0 Å². The highest BCUT2D eigenvalue weighted by atomic mass is 16.6. The number of nitrogens with zero attached hydrogens (tertiary/aromatic N) is 1. The van der Waals surface area contributed by atoms with Crippen molar-refractivity contribution in [1.29, 1.82) is 0 Å². The van der Waals surface area contributed by atoms with E-state index < -0.39 is 23.7 Å². The largest absolute Gasteiger partial charge is 0.465 e. The fourth-order valence-electron chi connectivity index (χ4n) is 2.19. The molecule has 1 heterocycles. The van der Waals surface area contributed by atoms with Crippen molar-refractivity contribution in [3.63, 3.8) is 0 Å². The average molecular weight is 287 g/mol. The second-order valence-corrected chi connectivity index (χ2v) is 7.07. The van der Waals surface area contributed by atoms with Crippen LogP contribution in [0.2, 0.25) is 0 Å². The van der Waals surface area contributed by atoms with Gasteiger partial charge in [-0.2, -0.15) is 0 Å². The molecule has 1 aliphatic heterocycles. The summed E-state index contributed by atoms with van der Waals surface area (Å²) in [6.07, 6.45) is -1.08. The Balaban J connectivity index is 2.78. The second kappa shape index (κ2) is 5.60. The van der Waals surface area contributed by atoms with E-state index in [9.17, 15) is 14.7 Å². The summed E-state index contributed by atoms with van der Waals surface area (Å²) in [4.78, 5) is 24.5. The van der Waals surface area contributed by atoms with Crippen molar-refractivity contribution < 1.29 is 24.2 Å². The minimum atomic E-state index is -1.12. The van der Waals surface area contributed by atoms with Crippen molar-refractivity contribution in [2.75, 3.05) is 6.54 Å². The van der Waals surface area contributed by atoms with Crippen LogP contribution in [0.3, 0.4) is 0 Å². The molecule has 0 radical (unpaired) electrons. The Hall–Kier alpha value is -1.30. The Labute approximate surface area is 120 Å². The number of hydrogen-bond acceptors (Lipinski definition) is 4. The average Bonchev–Trinajstić information content (AvgIpc) is 2.56. The standard InChI is InChI=1S/C14H25NO5/c1-13(2,3)19-9-7-10(15(8-9)12(17)18)11(16)20-14(4,5)6/h9-10H,7-8H2,1-6H3,(H,17,18)/t9-,10+/m1/s1. The molecule has 0 aromatic heterocycles. The molecule has 20 heavy (non-hydrogen) atoms. The molecule has 116 valence electrons. The van der Waals surface area contributed by atoms with E-state index in [0.29, 0.717) is 6.42 Å². The molecule has 0 spiro atoms. The molecular formula is C14H25NO5. The van der Waals surface area contributed by atoms with Gasteiger partial charge in [-0.1, -0.05) is 0 Å². The summed E-state index contributed by atoms with van der Waals surface area (Å²) in [5, 5.41) is 9.21. The van der Waals surface area contributed by atoms with Crippen molar-refractivity contribution in [2.24, 2.45) is 0 Å². The Morgan fingerprint density at radius 3 is 2.05 bits per heavy atom. The molecule has 0 unspecified atom stereocenters. The van der Waals surface area contributed by atoms with E-state index in [4.69, 9.17) is 9.47 Å². The zero-order valence-electron chi connectivity index (χ0n) is 13.1. The Bertz CT molecular complexity index is 380. The Morgan fingerprint density at radius 2 is 1.65 bits per heavy atom. The smallest absolute Gasteiger partial charge is 0.408 e. The van der Waals surface area contributed by atoms with Crippen molar-refractivity contribution in [2.45, 2.75) is 71.3 Å². The van der Waals surface area contributed by atoms with Gasteiger partial charge in [0.2, 0.25) is 0 Å². The molecule has 0 saturated carbocycles. The quantitative estimate of drug-likeness (QED) is 0.788. The number of rotatable bonds is 2. The van der Waals surface area contributed by atoms with E-state index in [0.717, 1.165) is 4.90 Å². The molecule has 0 aliphatic carbocycles. The number of carboxylic acid groups (broad SMARTS) is 1. The normalized spacial score (nSPS) is 23.8. The number of esters is 1. The van der Waals surface area contributed by atoms with Crippen LogP contribution < -0.4 is 0 Å². The van der Waals surface area contributed by atoms with Crippen LogP contribution in [0.1, 0.15) is 48.0 Å². The Morgan fingerprint density at radius 1 is 1.10 bits per heavy atom. The van der Waals surface area contributed by atoms with Crippen molar-refractivity contribution in [3.8, 4) is 0 Å². The maximum Gasteiger partial charge on any atom is 0.408 e. The van der Waals surface area contributed by atoms with Crippen LogP contribution in [0.5, 0.6) is 0 Å². The van der Waals surface area contributed by atoms with Gasteiger partial charge >= 0.3 is 12.1 Å². The summed E-state index contributed by atoms with van der Waals surface area (Å²) in [6, 6.07) is -0.793. The van der Waals surface area contributed by atoms with Gasteiger partial charge in [-0.3, -0.25) is 4.90 Å². The zero-order chi connectivity index (χ0) is 15.7. The minimum Gasteiger partial charge on any atom is -0.465 e. The highest BCUT2D eigenvalue weighted by molar-refractivity contribution is 5.82. The molecule has 1 N–H and O–H groups in total. The summed E-state index contributed by atoms with van der Waals surface area (Å²) >= 11 is 0. The van der Waals surface area contributed by atoms with Gasteiger partial charge < -0.3 is 14.6 Å². The number of carbonyl (C=O) groups excluding carboxylic acids is 1. The van der Waals surface area contributed by atoms with E-state index in [1.54, 1.807) is 20.8 Å². The predicted molar refractivity (Wildman–Crippen MR) is 73.6 cm³/mol. The first-order valence-electron chi connectivity index (χ1n) is 6.79. The van der Waals surface area contributed by atoms with Gasteiger partial charge in [-0.15, -0.1) is 0 Å². The summed E-state index contributed by atoms with van der Waals surface area (Å²) in [5.74, 6) is -0.514. The first kappa shape index (κ1) is 16.8. The van der Waals surface area contributed by atoms with E-state index in [1.807, 2.05) is 20.8 Å². The van der Waals surface area contributed by atoms with Crippen molar-refractivity contribution >= 4 is 12.1 Å². The molecule has 2 atom stereocenters. The molecule has 1 rings (SSSR count). The molecule has 6 heteroatoms. The molecule has 0 bridgehead atoms. The summed E-state index contributed by atoms with van der Waals surface area (Å²) in [7, 11) is 0. The highest BCUT2D eigenvalue weighted by Gasteiger charge is 2.43. The third kappa shape index (κ3) is 5.00. The summed E-state index contributed by atoms with van der Waals surface area (Å²) in [5.41, 5.74) is -1.01. The van der Waals surface area contributed by atoms with Crippen LogP contribution in [0, 0.1) is 0 Å². The summed E-state index contributed by atoms with van der Waals surface area (Å²) < 4.78 is 11.1. The van der Waals surface area contributed by atoms with E-state index in [-0.39, 0.29) is 18.2 Å². The molecule has 6 nitrogen and oxygen atoms in total. The van der Waals surface area contributed by atoms with Gasteiger partial charge in [0.05, 0.1) is 18.2 Å².